The van der Waals surface area contributed by atoms with Crippen molar-refractivity contribution >= 4 is 22.4 Å². The third kappa shape index (κ3) is 3.19. The summed E-state index contributed by atoms with van der Waals surface area (Å²) in [4.78, 5) is 9.40. The van der Waals surface area contributed by atoms with Gasteiger partial charge in [0, 0.05) is 54.6 Å². The highest BCUT2D eigenvalue weighted by Crippen LogP contribution is 2.27. The molecule has 142 valence electrons. The minimum Gasteiger partial charge on any atom is -0.384 e. The zero-order chi connectivity index (χ0) is 18.9. The molecule has 1 aromatic carbocycles. The van der Waals surface area contributed by atoms with Crippen LogP contribution in [0.3, 0.4) is 0 Å². The second-order valence-electron chi connectivity index (χ2n) is 7.15. The van der Waals surface area contributed by atoms with Crippen molar-refractivity contribution < 1.29 is 4.74 Å². The summed E-state index contributed by atoms with van der Waals surface area (Å²) in [5.74, 6) is 0.578. The van der Waals surface area contributed by atoms with E-state index in [9.17, 15) is 0 Å². The Kier molecular flexibility index (Phi) is 4.38. The number of ether oxygens (including phenoxy) is 1. The van der Waals surface area contributed by atoms with E-state index in [-0.39, 0.29) is 0 Å². The number of para-hydroxylation sites is 1. The lowest BCUT2D eigenvalue weighted by Crippen LogP contribution is -2.34. The molecule has 3 aromatic heterocycles. The number of fused-ring (bicyclic) bond motifs is 2. The SMILES string of the molecule is Nc1cc(CNC2CCOCC2)nc2c(-c3cnc4ccccc4c3)cnn12. The number of pyridine rings is 1. The number of anilines is 1. The summed E-state index contributed by atoms with van der Waals surface area (Å²) >= 11 is 0. The van der Waals surface area contributed by atoms with Crippen LogP contribution >= 0.6 is 0 Å². The van der Waals surface area contributed by atoms with Gasteiger partial charge < -0.3 is 15.8 Å². The Bertz CT molecular complexity index is 1130. The Morgan fingerprint density at radius 3 is 2.89 bits per heavy atom. The fourth-order valence-corrected chi connectivity index (χ4v) is 3.70. The molecule has 1 aliphatic heterocycles. The maximum Gasteiger partial charge on any atom is 0.165 e. The van der Waals surface area contributed by atoms with Crippen molar-refractivity contribution in [2.75, 3.05) is 18.9 Å². The molecule has 0 atom stereocenters. The average molecular weight is 374 g/mol. The average Bonchev–Trinajstić information content (AvgIpc) is 3.17. The van der Waals surface area contributed by atoms with Crippen molar-refractivity contribution in [3.63, 3.8) is 0 Å². The number of nitrogen functional groups attached to an aromatic ring is 1. The molecule has 0 radical (unpaired) electrons. The largest absolute Gasteiger partial charge is 0.384 e. The van der Waals surface area contributed by atoms with Crippen LogP contribution in [0.1, 0.15) is 18.5 Å². The number of rotatable bonds is 4. The zero-order valence-electron chi connectivity index (χ0n) is 15.5. The Hall–Kier alpha value is -3.03. The number of nitrogens with one attached hydrogen (secondary N) is 1. The summed E-state index contributed by atoms with van der Waals surface area (Å²) in [5.41, 5.74) is 10.8. The van der Waals surface area contributed by atoms with Crippen molar-refractivity contribution in [2.24, 2.45) is 0 Å². The number of aromatic nitrogens is 4. The Labute approximate surface area is 162 Å². The van der Waals surface area contributed by atoms with E-state index in [0.29, 0.717) is 18.4 Å². The molecule has 0 spiro atoms. The van der Waals surface area contributed by atoms with Gasteiger partial charge in [0.1, 0.15) is 5.82 Å². The van der Waals surface area contributed by atoms with E-state index >= 15 is 0 Å². The third-order valence-corrected chi connectivity index (χ3v) is 5.25. The Morgan fingerprint density at radius 2 is 2.00 bits per heavy atom. The van der Waals surface area contributed by atoms with Crippen LogP contribution < -0.4 is 11.1 Å². The van der Waals surface area contributed by atoms with Gasteiger partial charge in [0.05, 0.1) is 17.4 Å². The molecule has 7 heteroatoms. The minimum atomic E-state index is 0.460. The normalized spacial score (nSPS) is 15.4. The molecule has 0 saturated carbocycles. The number of nitrogens with two attached hydrogens (primary N) is 1. The van der Waals surface area contributed by atoms with Crippen LogP contribution in [0.25, 0.3) is 27.7 Å². The molecule has 28 heavy (non-hydrogen) atoms. The van der Waals surface area contributed by atoms with E-state index in [4.69, 9.17) is 15.5 Å². The molecule has 0 amide bonds. The second-order valence-corrected chi connectivity index (χ2v) is 7.15. The maximum atomic E-state index is 6.24. The molecule has 7 nitrogen and oxygen atoms in total. The first-order valence-corrected chi connectivity index (χ1v) is 9.57. The van der Waals surface area contributed by atoms with Crippen LogP contribution in [0.2, 0.25) is 0 Å². The summed E-state index contributed by atoms with van der Waals surface area (Å²) in [6.45, 7) is 2.30. The van der Waals surface area contributed by atoms with Crippen molar-refractivity contribution in [3.8, 4) is 11.1 Å². The topological polar surface area (TPSA) is 90.4 Å². The Morgan fingerprint density at radius 1 is 1.14 bits per heavy atom. The molecule has 0 unspecified atom stereocenters. The first kappa shape index (κ1) is 17.1. The number of nitrogens with zero attached hydrogens (tertiary/aromatic N) is 4. The standard InChI is InChI=1S/C21H22N6O/c22-20-10-17(12-23-16-5-7-28-8-6-16)26-21-18(13-25-27(20)21)15-9-14-3-1-2-4-19(14)24-11-15/h1-4,9-11,13,16,23H,5-8,12,22H2. The van der Waals surface area contributed by atoms with Gasteiger partial charge >= 0.3 is 0 Å². The Balaban J connectivity index is 1.49. The molecule has 0 bridgehead atoms. The fraction of sp³-hybridized carbons (Fsp3) is 0.286. The van der Waals surface area contributed by atoms with E-state index in [1.165, 1.54) is 0 Å². The quantitative estimate of drug-likeness (QED) is 0.571. The molecular formula is C21H22N6O. The highest BCUT2D eigenvalue weighted by Gasteiger charge is 2.15. The predicted octanol–water partition coefficient (Wildman–Crippen LogP) is 2.80. The number of hydrogen-bond donors (Lipinski definition) is 2. The van der Waals surface area contributed by atoms with Gasteiger partial charge in [-0.15, -0.1) is 0 Å². The van der Waals surface area contributed by atoms with Gasteiger partial charge in [-0.1, -0.05) is 18.2 Å². The van der Waals surface area contributed by atoms with Crippen LogP contribution in [0.15, 0.2) is 48.8 Å². The molecule has 1 saturated heterocycles. The van der Waals surface area contributed by atoms with Gasteiger partial charge in [0.15, 0.2) is 5.65 Å². The molecule has 5 rings (SSSR count). The molecule has 0 aliphatic carbocycles. The van der Waals surface area contributed by atoms with Gasteiger partial charge in [0.2, 0.25) is 0 Å². The number of hydrogen-bond acceptors (Lipinski definition) is 6. The van der Waals surface area contributed by atoms with Crippen LogP contribution in [-0.2, 0) is 11.3 Å². The van der Waals surface area contributed by atoms with Crippen LogP contribution in [-0.4, -0.2) is 38.8 Å². The summed E-state index contributed by atoms with van der Waals surface area (Å²) in [5, 5.41) is 9.08. The number of benzene rings is 1. The van der Waals surface area contributed by atoms with Gasteiger partial charge in [0.25, 0.3) is 0 Å². The van der Waals surface area contributed by atoms with Crippen molar-refractivity contribution in [3.05, 3.63) is 54.5 Å². The first-order valence-electron chi connectivity index (χ1n) is 9.57. The summed E-state index contributed by atoms with van der Waals surface area (Å²) in [6.07, 6.45) is 5.72. The molecule has 1 fully saturated rings. The molecule has 4 heterocycles. The zero-order valence-corrected chi connectivity index (χ0v) is 15.5. The lowest BCUT2D eigenvalue weighted by Gasteiger charge is -2.23. The smallest absolute Gasteiger partial charge is 0.165 e. The molecule has 1 aliphatic rings. The molecular weight excluding hydrogens is 352 g/mol. The second kappa shape index (κ2) is 7.18. The first-order chi connectivity index (χ1) is 13.8. The van der Waals surface area contributed by atoms with Crippen molar-refractivity contribution in [1.82, 2.24) is 24.9 Å². The highest BCUT2D eigenvalue weighted by molar-refractivity contribution is 5.86. The summed E-state index contributed by atoms with van der Waals surface area (Å²) < 4.78 is 7.10. The molecule has 4 aromatic rings. The summed E-state index contributed by atoms with van der Waals surface area (Å²) in [6, 6.07) is 12.5. The lowest BCUT2D eigenvalue weighted by atomic mass is 10.1. The maximum absolute atomic E-state index is 6.24. The third-order valence-electron chi connectivity index (χ3n) is 5.25. The molecule has 3 N–H and O–H groups in total. The minimum absolute atomic E-state index is 0.460. The fourth-order valence-electron chi connectivity index (χ4n) is 3.70. The van der Waals surface area contributed by atoms with Gasteiger partial charge in [-0.25, -0.2) is 4.98 Å². The van der Waals surface area contributed by atoms with Crippen LogP contribution in [0.5, 0.6) is 0 Å². The van der Waals surface area contributed by atoms with Crippen molar-refractivity contribution in [1.29, 1.82) is 0 Å². The van der Waals surface area contributed by atoms with Gasteiger partial charge in [-0.2, -0.15) is 9.61 Å². The van der Waals surface area contributed by atoms with Gasteiger partial charge in [-0.05, 0) is 25.0 Å². The van der Waals surface area contributed by atoms with E-state index in [0.717, 1.165) is 59.4 Å². The monoisotopic (exact) mass is 374 g/mol. The van der Waals surface area contributed by atoms with Gasteiger partial charge in [-0.3, -0.25) is 4.98 Å². The van der Waals surface area contributed by atoms with E-state index < -0.39 is 0 Å². The van der Waals surface area contributed by atoms with E-state index in [1.54, 1.807) is 10.7 Å². The lowest BCUT2D eigenvalue weighted by molar-refractivity contribution is 0.0775. The summed E-state index contributed by atoms with van der Waals surface area (Å²) in [7, 11) is 0. The van der Waals surface area contributed by atoms with Crippen LogP contribution in [0, 0.1) is 0 Å². The van der Waals surface area contributed by atoms with Crippen molar-refractivity contribution in [2.45, 2.75) is 25.4 Å². The highest BCUT2D eigenvalue weighted by atomic mass is 16.5. The predicted molar refractivity (Wildman–Crippen MR) is 109 cm³/mol. The van der Waals surface area contributed by atoms with E-state index in [1.807, 2.05) is 30.5 Å². The van der Waals surface area contributed by atoms with E-state index in [2.05, 4.69) is 27.5 Å². The van der Waals surface area contributed by atoms with Crippen LogP contribution in [0.4, 0.5) is 5.82 Å².